The zero-order valence-electron chi connectivity index (χ0n) is 18.3. The maximum Gasteiger partial charge on any atom is 0.293 e. The van der Waals surface area contributed by atoms with Crippen LogP contribution in [0.3, 0.4) is 0 Å². The molecular weight excluding hydrogens is 462 g/mol. The number of rotatable bonds is 7. The standard InChI is InChI=1S/C23H28BrN3O4/c1-15(2)7-8-26-14-17-11-18(24)12-20(27(28)29)23(17)25-13-19(26)9-16-5-6-21(30-3)22(10-16)31-4/h5-7,10-12,19,25H,8-9,13-14H2,1-4H3. The van der Waals surface area contributed by atoms with Crippen LogP contribution in [0.1, 0.15) is 25.0 Å². The number of ether oxygens (including phenoxy) is 2. The van der Waals surface area contributed by atoms with Crippen LogP contribution >= 0.6 is 15.9 Å². The van der Waals surface area contributed by atoms with E-state index in [9.17, 15) is 10.1 Å². The highest BCUT2D eigenvalue weighted by molar-refractivity contribution is 9.10. The maximum atomic E-state index is 11.6. The molecule has 0 fully saturated rings. The van der Waals surface area contributed by atoms with Crippen molar-refractivity contribution in [2.24, 2.45) is 0 Å². The van der Waals surface area contributed by atoms with Crippen LogP contribution in [0.15, 0.2) is 46.5 Å². The molecule has 1 heterocycles. The Morgan fingerprint density at radius 3 is 2.65 bits per heavy atom. The average molecular weight is 490 g/mol. The molecule has 0 radical (unpaired) electrons. The lowest BCUT2D eigenvalue weighted by Gasteiger charge is -2.29. The number of hydrogen-bond acceptors (Lipinski definition) is 6. The molecule has 166 valence electrons. The van der Waals surface area contributed by atoms with Gasteiger partial charge in [-0.15, -0.1) is 0 Å². The van der Waals surface area contributed by atoms with E-state index in [0.717, 1.165) is 24.1 Å². The predicted octanol–water partition coefficient (Wildman–Crippen LogP) is 5.18. The van der Waals surface area contributed by atoms with E-state index >= 15 is 0 Å². The fourth-order valence-corrected chi connectivity index (χ4v) is 4.30. The Balaban J connectivity index is 1.94. The van der Waals surface area contributed by atoms with Gasteiger partial charge >= 0.3 is 0 Å². The van der Waals surface area contributed by atoms with E-state index in [2.05, 4.69) is 46.1 Å². The van der Waals surface area contributed by atoms with Gasteiger partial charge in [0.05, 0.1) is 19.1 Å². The Hall–Kier alpha value is -2.58. The highest BCUT2D eigenvalue weighted by atomic mass is 79.9. The normalized spacial score (nSPS) is 16.0. The first-order valence-electron chi connectivity index (χ1n) is 10.1. The molecule has 0 saturated carbocycles. The molecule has 2 aromatic rings. The molecule has 8 heteroatoms. The van der Waals surface area contributed by atoms with Crippen LogP contribution < -0.4 is 14.8 Å². The second kappa shape index (κ2) is 10.2. The van der Waals surface area contributed by atoms with Crippen LogP contribution in [0.2, 0.25) is 0 Å². The smallest absolute Gasteiger partial charge is 0.293 e. The van der Waals surface area contributed by atoms with Crippen molar-refractivity contribution in [3.05, 3.63) is 67.7 Å². The van der Waals surface area contributed by atoms with Crippen molar-refractivity contribution in [1.29, 1.82) is 0 Å². The molecule has 1 unspecified atom stereocenters. The van der Waals surface area contributed by atoms with Crippen molar-refractivity contribution in [3.63, 3.8) is 0 Å². The van der Waals surface area contributed by atoms with Gasteiger partial charge in [0.25, 0.3) is 5.69 Å². The molecule has 1 aliphatic heterocycles. The van der Waals surface area contributed by atoms with E-state index in [1.165, 1.54) is 5.57 Å². The minimum atomic E-state index is -0.328. The Morgan fingerprint density at radius 1 is 1.26 bits per heavy atom. The lowest BCUT2D eigenvalue weighted by atomic mass is 10.0. The van der Waals surface area contributed by atoms with Gasteiger partial charge in [-0.1, -0.05) is 33.6 Å². The van der Waals surface area contributed by atoms with E-state index in [-0.39, 0.29) is 16.7 Å². The van der Waals surface area contributed by atoms with Crippen LogP contribution in [0.4, 0.5) is 11.4 Å². The summed E-state index contributed by atoms with van der Waals surface area (Å²) in [6.07, 6.45) is 2.96. The fourth-order valence-electron chi connectivity index (χ4n) is 3.81. The second-order valence-electron chi connectivity index (χ2n) is 7.86. The monoisotopic (exact) mass is 489 g/mol. The number of nitrogens with zero attached hydrogens (tertiary/aromatic N) is 2. The molecule has 1 aliphatic rings. The summed E-state index contributed by atoms with van der Waals surface area (Å²) in [5.41, 5.74) is 3.97. The lowest BCUT2D eigenvalue weighted by Crippen LogP contribution is -2.39. The summed E-state index contributed by atoms with van der Waals surface area (Å²) < 4.78 is 11.5. The number of nitro groups is 1. The second-order valence-corrected chi connectivity index (χ2v) is 8.77. The minimum Gasteiger partial charge on any atom is -0.493 e. The van der Waals surface area contributed by atoms with E-state index in [4.69, 9.17) is 9.47 Å². The summed E-state index contributed by atoms with van der Waals surface area (Å²) in [6.45, 7) is 6.13. The number of methoxy groups -OCH3 is 2. The molecular formula is C23H28BrN3O4. The number of hydrogen-bond donors (Lipinski definition) is 1. The topological polar surface area (TPSA) is 76.9 Å². The Morgan fingerprint density at radius 2 is 2.00 bits per heavy atom. The van der Waals surface area contributed by atoms with Crippen molar-refractivity contribution in [2.45, 2.75) is 32.9 Å². The molecule has 3 rings (SSSR count). The molecule has 1 N–H and O–H groups in total. The van der Waals surface area contributed by atoms with E-state index in [1.807, 2.05) is 24.3 Å². The number of anilines is 1. The number of benzene rings is 2. The third kappa shape index (κ3) is 5.57. The summed E-state index contributed by atoms with van der Waals surface area (Å²) in [4.78, 5) is 13.7. The van der Waals surface area contributed by atoms with E-state index in [0.29, 0.717) is 34.7 Å². The van der Waals surface area contributed by atoms with Crippen molar-refractivity contribution in [1.82, 2.24) is 4.90 Å². The third-order valence-corrected chi connectivity index (χ3v) is 5.88. The molecule has 1 atom stereocenters. The Labute approximate surface area is 191 Å². The summed E-state index contributed by atoms with van der Waals surface area (Å²) in [5, 5.41) is 15.0. The number of nitro benzene ring substituents is 1. The Kier molecular flexibility index (Phi) is 7.56. The van der Waals surface area contributed by atoms with Gasteiger partial charge in [0.15, 0.2) is 11.5 Å². The van der Waals surface area contributed by atoms with Crippen molar-refractivity contribution in [3.8, 4) is 11.5 Å². The molecule has 7 nitrogen and oxygen atoms in total. The van der Waals surface area contributed by atoms with Gasteiger partial charge < -0.3 is 14.8 Å². The molecule has 2 aromatic carbocycles. The SMILES string of the molecule is COc1ccc(CC2CNc3c(cc(Br)cc3[N+](=O)[O-])CN2CC=C(C)C)cc1OC. The molecule has 0 bridgehead atoms. The zero-order valence-corrected chi connectivity index (χ0v) is 19.9. The van der Waals surface area contributed by atoms with Crippen molar-refractivity contribution < 1.29 is 14.4 Å². The molecule has 0 aromatic heterocycles. The highest BCUT2D eigenvalue weighted by Crippen LogP contribution is 2.36. The van der Waals surface area contributed by atoms with Crippen LogP contribution in [0.5, 0.6) is 11.5 Å². The summed E-state index contributed by atoms with van der Waals surface area (Å²) in [6, 6.07) is 9.60. The predicted molar refractivity (Wildman–Crippen MR) is 126 cm³/mol. The van der Waals surface area contributed by atoms with Gasteiger partial charge in [0, 0.05) is 36.2 Å². The van der Waals surface area contributed by atoms with Gasteiger partial charge in [0.2, 0.25) is 0 Å². The first-order chi connectivity index (χ1) is 14.8. The van der Waals surface area contributed by atoms with Gasteiger partial charge in [-0.25, -0.2) is 0 Å². The van der Waals surface area contributed by atoms with Gasteiger partial charge in [-0.2, -0.15) is 0 Å². The number of halogens is 1. The zero-order chi connectivity index (χ0) is 22.5. The summed E-state index contributed by atoms with van der Waals surface area (Å²) >= 11 is 3.43. The molecule has 0 saturated heterocycles. The van der Waals surface area contributed by atoms with Gasteiger partial charge in [0.1, 0.15) is 5.69 Å². The van der Waals surface area contributed by atoms with E-state index in [1.54, 1.807) is 20.3 Å². The summed E-state index contributed by atoms with van der Waals surface area (Å²) in [5.74, 6) is 1.39. The largest absolute Gasteiger partial charge is 0.493 e. The number of nitrogens with one attached hydrogen (secondary N) is 1. The average Bonchev–Trinajstić information content (AvgIpc) is 2.90. The van der Waals surface area contributed by atoms with Crippen molar-refractivity contribution >= 4 is 27.3 Å². The minimum absolute atomic E-state index is 0.0957. The molecule has 0 amide bonds. The highest BCUT2D eigenvalue weighted by Gasteiger charge is 2.28. The Bertz CT molecular complexity index is 989. The number of fused-ring (bicyclic) bond motifs is 1. The van der Waals surface area contributed by atoms with Crippen LogP contribution in [0.25, 0.3) is 0 Å². The number of allylic oxidation sites excluding steroid dienone is 1. The quantitative estimate of drug-likeness (QED) is 0.328. The third-order valence-electron chi connectivity index (χ3n) is 5.42. The maximum absolute atomic E-state index is 11.6. The van der Waals surface area contributed by atoms with Crippen LogP contribution in [-0.2, 0) is 13.0 Å². The molecule has 0 spiro atoms. The first kappa shape index (κ1) is 23.1. The van der Waals surface area contributed by atoms with Crippen LogP contribution in [0, 0.1) is 10.1 Å². The van der Waals surface area contributed by atoms with E-state index < -0.39 is 0 Å². The molecule has 31 heavy (non-hydrogen) atoms. The molecule has 0 aliphatic carbocycles. The lowest BCUT2D eigenvalue weighted by molar-refractivity contribution is -0.384. The van der Waals surface area contributed by atoms with Crippen LogP contribution in [-0.4, -0.2) is 43.2 Å². The van der Waals surface area contributed by atoms with Crippen molar-refractivity contribution in [2.75, 3.05) is 32.6 Å². The summed E-state index contributed by atoms with van der Waals surface area (Å²) in [7, 11) is 3.25. The first-order valence-corrected chi connectivity index (χ1v) is 10.9. The fraction of sp³-hybridized carbons (Fsp3) is 0.391. The van der Waals surface area contributed by atoms with Gasteiger partial charge in [-0.05, 0) is 49.6 Å². The van der Waals surface area contributed by atoms with Gasteiger partial charge in [-0.3, -0.25) is 15.0 Å².